The van der Waals surface area contributed by atoms with Crippen LogP contribution >= 0.6 is 11.6 Å². The van der Waals surface area contributed by atoms with Crippen LogP contribution < -0.4 is 14.8 Å². The van der Waals surface area contributed by atoms with E-state index in [1.54, 1.807) is 39.0 Å². The maximum Gasteiger partial charge on any atom is 0.251 e. The van der Waals surface area contributed by atoms with Crippen LogP contribution in [-0.2, 0) is 16.6 Å². The molecule has 0 aliphatic rings. The number of sulfonamides is 1. The van der Waals surface area contributed by atoms with E-state index >= 15 is 0 Å². The minimum Gasteiger partial charge on any atom is -0.495 e. The van der Waals surface area contributed by atoms with Gasteiger partial charge in [0.15, 0.2) is 0 Å². The monoisotopic (exact) mass is 410 g/mol. The summed E-state index contributed by atoms with van der Waals surface area (Å²) in [7, 11) is -2.49. The van der Waals surface area contributed by atoms with E-state index in [9.17, 15) is 13.2 Å². The van der Waals surface area contributed by atoms with Gasteiger partial charge in [-0.15, -0.1) is 0 Å². The molecule has 2 N–H and O–H groups in total. The van der Waals surface area contributed by atoms with Crippen molar-refractivity contribution in [2.75, 3.05) is 7.11 Å². The van der Waals surface area contributed by atoms with Crippen LogP contribution in [0, 0.1) is 0 Å². The fourth-order valence-electron chi connectivity index (χ4n) is 2.41. The molecule has 8 heteroatoms. The topological polar surface area (TPSA) is 84.5 Å². The van der Waals surface area contributed by atoms with Crippen molar-refractivity contribution in [3.8, 4) is 5.75 Å². The first-order valence-electron chi connectivity index (χ1n) is 8.27. The molecule has 6 nitrogen and oxygen atoms in total. The summed E-state index contributed by atoms with van der Waals surface area (Å²) in [4.78, 5) is 12.4. The number of rotatable bonds is 6. The van der Waals surface area contributed by atoms with Gasteiger partial charge in [-0.05, 0) is 50.6 Å². The van der Waals surface area contributed by atoms with Crippen molar-refractivity contribution in [2.24, 2.45) is 0 Å². The zero-order valence-corrected chi connectivity index (χ0v) is 17.2. The Labute approximate surface area is 164 Å². The first kappa shape index (κ1) is 21.2. The fourth-order valence-corrected chi connectivity index (χ4v) is 4.22. The summed E-state index contributed by atoms with van der Waals surface area (Å²) >= 11 is 6.08. The Morgan fingerprint density at radius 1 is 1.15 bits per heavy atom. The molecule has 0 spiro atoms. The van der Waals surface area contributed by atoms with Gasteiger partial charge in [-0.2, -0.15) is 0 Å². The zero-order valence-electron chi connectivity index (χ0n) is 15.7. The van der Waals surface area contributed by atoms with E-state index in [1.165, 1.54) is 25.3 Å². The Balaban J connectivity index is 2.28. The maximum atomic E-state index is 12.7. The van der Waals surface area contributed by atoms with Crippen molar-refractivity contribution in [3.05, 3.63) is 58.6 Å². The first-order chi connectivity index (χ1) is 12.5. The Kier molecular flexibility index (Phi) is 6.51. The number of halogens is 1. The molecule has 0 saturated carbocycles. The van der Waals surface area contributed by atoms with Crippen LogP contribution in [0.2, 0.25) is 5.02 Å². The third-order valence-electron chi connectivity index (χ3n) is 3.55. The third kappa shape index (κ3) is 5.69. The smallest absolute Gasteiger partial charge is 0.251 e. The van der Waals surface area contributed by atoms with Crippen LogP contribution in [0.5, 0.6) is 5.75 Å². The van der Waals surface area contributed by atoms with E-state index in [4.69, 9.17) is 16.3 Å². The molecule has 2 aromatic carbocycles. The fraction of sp³-hybridized carbons (Fsp3) is 0.316. The van der Waals surface area contributed by atoms with E-state index < -0.39 is 21.5 Å². The molecule has 0 aliphatic carbocycles. The van der Waals surface area contributed by atoms with E-state index in [2.05, 4.69) is 10.0 Å². The largest absolute Gasteiger partial charge is 0.495 e. The van der Waals surface area contributed by atoms with E-state index in [-0.39, 0.29) is 22.8 Å². The van der Waals surface area contributed by atoms with Gasteiger partial charge in [0.25, 0.3) is 5.91 Å². The van der Waals surface area contributed by atoms with Crippen molar-refractivity contribution in [2.45, 2.75) is 37.8 Å². The minimum absolute atomic E-state index is 0.0923. The standard InChI is InChI=1S/C19H23ClN2O4S/c1-19(2,3)22-27(24,25)17-11-13(9-10-16(17)26-4)18(23)21-12-14-7-5-6-8-15(14)20/h5-11,22H,12H2,1-4H3,(H,21,23). The Hall–Kier alpha value is -2.09. The summed E-state index contributed by atoms with van der Waals surface area (Å²) < 4.78 is 33.1. The maximum absolute atomic E-state index is 12.7. The molecule has 0 fully saturated rings. The van der Waals surface area contributed by atoms with Gasteiger partial charge in [0.05, 0.1) is 7.11 Å². The molecule has 0 aromatic heterocycles. The summed E-state index contributed by atoms with van der Waals surface area (Å²) in [6.07, 6.45) is 0. The highest BCUT2D eigenvalue weighted by Gasteiger charge is 2.26. The number of carbonyl (C=O) groups excluding carboxylic acids is 1. The second-order valence-electron chi connectivity index (χ2n) is 7.00. The lowest BCUT2D eigenvalue weighted by Crippen LogP contribution is -2.40. The van der Waals surface area contributed by atoms with Crippen molar-refractivity contribution in [3.63, 3.8) is 0 Å². The summed E-state index contributed by atoms with van der Waals surface area (Å²) in [6, 6.07) is 11.4. The number of benzene rings is 2. The van der Waals surface area contributed by atoms with Gasteiger partial charge < -0.3 is 10.1 Å². The average molecular weight is 411 g/mol. The van der Waals surface area contributed by atoms with Crippen LogP contribution in [0.15, 0.2) is 47.4 Å². The van der Waals surface area contributed by atoms with E-state index in [1.807, 2.05) is 6.07 Å². The van der Waals surface area contributed by atoms with Gasteiger partial charge in [-0.1, -0.05) is 29.8 Å². The number of carbonyl (C=O) groups is 1. The predicted molar refractivity (Wildman–Crippen MR) is 106 cm³/mol. The van der Waals surface area contributed by atoms with Gasteiger partial charge in [-0.3, -0.25) is 4.79 Å². The molecule has 0 heterocycles. The van der Waals surface area contributed by atoms with Gasteiger partial charge >= 0.3 is 0 Å². The van der Waals surface area contributed by atoms with Crippen LogP contribution in [-0.4, -0.2) is 27.0 Å². The Bertz CT molecular complexity index is 937. The lowest BCUT2D eigenvalue weighted by Gasteiger charge is -2.21. The number of nitrogens with one attached hydrogen (secondary N) is 2. The van der Waals surface area contributed by atoms with Crippen LogP contribution in [0.25, 0.3) is 0 Å². The quantitative estimate of drug-likeness (QED) is 0.764. The molecule has 0 radical (unpaired) electrons. The molecule has 2 rings (SSSR count). The van der Waals surface area contributed by atoms with E-state index in [0.717, 1.165) is 5.56 Å². The summed E-state index contributed by atoms with van der Waals surface area (Å²) in [6.45, 7) is 5.43. The molecule has 0 saturated heterocycles. The minimum atomic E-state index is -3.87. The van der Waals surface area contributed by atoms with Crippen molar-refractivity contribution in [1.82, 2.24) is 10.0 Å². The molecule has 1 amide bonds. The highest BCUT2D eigenvalue weighted by Crippen LogP contribution is 2.26. The number of hydrogen-bond donors (Lipinski definition) is 2. The highest BCUT2D eigenvalue weighted by molar-refractivity contribution is 7.89. The van der Waals surface area contributed by atoms with Gasteiger partial charge in [0.1, 0.15) is 10.6 Å². The summed E-state index contributed by atoms with van der Waals surface area (Å²) in [5.74, 6) is -0.251. The van der Waals surface area contributed by atoms with Gasteiger partial charge in [-0.25, -0.2) is 13.1 Å². The molecule has 0 unspecified atom stereocenters. The molecule has 2 aromatic rings. The van der Waals surface area contributed by atoms with Crippen molar-refractivity contribution < 1.29 is 17.9 Å². The van der Waals surface area contributed by atoms with Gasteiger partial charge in [0, 0.05) is 22.7 Å². The first-order valence-corrected chi connectivity index (χ1v) is 10.1. The number of amides is 1. The average Bonchev–Trinajstić information content (AvgIpc) is 2.58. The summed E-state index contributed by atoms with van der Waals surface area (Å²) in [5, 5.41) is 3.29. The molecular weight excluding hydrogens is 388 g/mol. The number of hydrogen-bond acceptors (Lipinski definition) is 4. The van der Waals surface area contributed by atoms with Crippen LogP contribution in [0.3, 0.4) is 0 Å². The molecule has 27 heavy (non-hydrogen) atoms. The zero-order chi connectivity index (χ0) is 20.2. The van der Waals surface area contributed by atoms with Crippen molar-refractivity contribution >= 4 is 27.5 Å². The van der Waals surface area contributed by atoms with Crippen LogP contribution in [0.4, 0.5) is 0 Å². The third-order valence-corrected chi connectivity index (χ3v) is 5.70. The SMILES string of the molecule is COc1ccc(C(=O)NCc2ccccc2Cl)cc1S(=O)(=O)NC(C)(C)C. The number of methoxy groups -OCH3 is 1. The molecule has 146 valence electrons. The summed E-state index contributed by atoms with van der Waals surface area (Å²) in [5.41, 5.74) is 0.298. The molecule has 0 atom stereocenters. The Morgan fingerprint density at radius 2 is 1.81 bits per heavy atom. The van der Waals surface area contributed by atoms with E-state index in [0.29, 0.717) is 5.02 Å². The molecule has 0 aliphatic heterocycles. The highest BCUT2D eigenvalue weighted by atomic mass is 35.5. The van der Waals surface area contributed by atoms with Gasteiger partial charge in [0.2, 0.25) is 10.0 Å². The molecule has 0 bridgehead atoms. The lowest BCUT2D eigenvalue weighted by atomic mass is 10.1. The van der Waals surface area contributed by atoms with Crippen molar-refractivity contribution in [1.29, 1.82) is 0 Å². The lowest BCUT2D eigenvalue weighted by molar-refractivity contribution is 0.0950. The number of ether oxygens (including phenoxy) is 1. The molecular formula is C19H23ClN2O4S. The second kappa shape index (κ2) is 8.29. The predicted octanol–water partition coefficient (Wildman–Crippen LogP) is 3.36. The Morgan fingerprint density at radius 3 is 2.41 bits per heavy atom. The normalized spacial score (nSPS) is 11.9. The van der Waals surface area contributed by atoms with Crippen LogP contribution in [0.1, 0.15) is 36.7 Å². The second-order valence-corrected chi connectivity index (χ2v) is 9.05.